The predicted octanol–water partition coefficient (Wildman–Crippen LogP) is 5.25. The van der Waals surface area contributed by atoms with Crippen molar-refractivity contribution in [1.82, 2.24) is 0 Å². The summed E-state index contributed by atoms with van der Waals surface area (Å²) in [5.74, 6) is 1.65. The van der Waals surface area contributed by atoms with Crippen LogP contribution in [0.3, 0.4) is 0 Å². The number of rotatable bonds is 1. The molecule has 0 heterocycles. The smallest absolute Gasteiger partial charge is 0.122 e. The summed E-state index contributed by atoms with van der Waals surface area (Å²) in [7, 11) is 0. The maximum Gasteiger partial charge on any atom is 0.122 e. The van der Waals surface area contributed by atoms with Crippen LogP contribution in [0.5, 0.6) is 11.5 Å². The molecule has 0 aromatic heterocycles. The molecule has 3 rings (SSSR count). The molecule has 2 heteroatoms. The molecule has 0 spiro atoms. The second kappa shape index (κ2) is 4.91. The van der Waals surface area contributed by atoms with Crippen LogP contribution in [0, 0.1) is 11.3 Å². The van der Waals surface area contributed by atoms with Crippen LogP contribution in [0.1, 0.15) is 82.9 Å². The molecular weight excluding hydrogens is 272 g/mol. The van der Waals surface area contributed by atoms with Gasteiger partial charge in [-0.2, -0.15) is 0 Å². The minimum absolute atomic E-state index is 0.00753. The van der Waals surface area contributed by atoms with Crippen molar-refractivity contribution in [1.29, 1.82) is 0 Å². The zero-order valence-electron chi connectivity index (χ0n) is 14.7. The Hall–Kier alpha value is -1.18. The van der Waals surface area contributed by atoms with E-state index in [4.69, 9.17) is 0 Å². The molecule has 0 unspecified atom stereocenters. The summed E-state index contributed by atoms with van der Waals surface area (Å²) in [6.45, 7) is 11.2. The lowest BCUT2D eigenvalue weighted by atomic mass is 9.50. The van der Waals surface area contributed by atoms with Crippen LogP contribution in [0.25, 0.3) is 0 Å². The molecule has 1 saturated carbocycles. The van der Waals surface area contributed by atoms with Crippen molar-refractivity contribution in [2.24, 2.45) is 11.3 Å². The third kappa shape index (κ3) is 2.06. The second-order valence-electron chi connectivity index (χ2n) is 8.69. The van der Waals surface area contributed by atoms with Crippen molar-refractivity contribution in [3.8, 4) is 11.5 Å². The predicted molar refractivity (Wildman–Crippen MR) is 90.7 cm³/mol. The number of hydrogen-bond acceptors (Lipinski definition) is 2. The van der Waals surface area contributed by atoms with E-state index in [0.717, 1.165) is 36.0 Å². The Bertz CT molecular complexity index is 600. The van der Waals surface area contributed by atoms with Gasteiger partial charge in [-0.1, -0.05) is 41.0 Å². The van der Waals surface area contributed by atoms with Crippen LogP contribution in [0.4, 0.5) is 0 Å². The average Bonchev–Trinajstić information content (AvgIpc) is 2.40. The first kappa shape index (κ1) is 15.7. The third-order valence-electron chi connectivity index (χ3n) is 6.52. The van der Waals surface area contributed by atoms with E-state index < -0.39 is 0 Å². The zero-order chi connectivity index (χ0) is 16.3. The van der Waals surface area contributed by atoms with Crippen molar-refractivity contribution in [2.75, 3.05) is 0 Å². The van der Waals surface area contributed by atoms with Gasteiger partial charge >= 0.3 is 0 Å². The van der Waals surface area contributed by atoms with Gasteiger partial charge in [-0.25, -0.2) is 0 Å². The topological polar surface area (TPSA) is 40.5 Å². The van der Waals surface area contributed by atoms with Gasteiger partial charge in [-0.3, -0.25) is 0 Å². The molecule has 2 aliphatic carbocycles. The van der Waals surface area contributed by atoms with E-state index in [2.05, 4.69) is 34.6 Å². The normalized spacial score (nSPS) is 30.0. The Balaban J connectivity index is 2.21. The van der Waals surface area contributed by atoms with Crippen LogP contribution >= 0.6 is 0 Å². The Labute approximate surface area is 134 Å². The quantitative estimate of drug-likeness (QED) is 0.695. The summed E-state index contributed by atoms with van der Waals surface area (Å²) in [6.07, 6.45) is 5.58. The number of fused-ring (bicyclic) bond motifs is 3. The number of phenols is 2. The molecule has 1 aromatic rings. The van der Waals surface area contributed by atoms with Gasteiger partial charge in [0.2, 0.25) is 0 Å². The summed E-state index contributed by atoms with van der Waals surface area (Å²) in [4.78, 5) is 0. The Morgan fingerprint density at radius 2 is 1.82 bits per heavy atom. The lowest BCUT2D eigenvalue weighted by molar-refractivity contribution is 0.0387. The molecule has 2 nitrogen and oxygen atoms in total. The molecule has 2 atom stereocenters. The van der Waals surface area contributed by atoms with Crippen molar-refractivity contribution >= 4 is 0 Å². The molecule has 1 fully saturated rings. The molecule has 122 valence electrons. The van der Waals surface area contributed by atoms with Gasteiger partial charge < -0.3 is 10.2 Å². The number of phenolic OH excluding ortho intramolecular Hbond substituents is 2. The van der Waals surface area contributed by atoms with Crippen LogP contribution in [0.15, 0.2) is 6.07 Å². The van der Waals surface area contributed by atoms with Crippen molar-refractivity contribution in [3.05, 3.63) is 22.8 Å². The molecule has 0 amide bonds. The fourth-order valence-corrected chi connectivity index (χ4v) is 5.48. The lowest BCUT2D eigenvalue weighted by Gasteiger charge is -2.54. The molecule has 1 aromatic carbocycles. The first-order valence-corrected chi connectivity index (χ1v) is 8.76. The summed E-state index contributed by atoms with van der Waals surface area (Å²) in [6, 6.07) is 1.81. The van der Waals surface area contributed by atoms with E-state index in [1.54, 1.807) is 0 Å². The van der Waals surface area contributed by atoms with Crippen LogP contribution in [0.2, 0.25) is 0 Å². The fraction of sp³-hybridized carbons (Fsp3) is 0.700. The summed E-state index contributed by atoms with van der Waals surface area (Å²) in [5, 5.41) is 21.5. The summed E-state index contributed by atoms with van der Waals surface area (Å²) in [5.41, 5.74) is 3.24. The van der Waals surface area contributed by atoms with E-state index in [9.17, 15) is 10.2 Å². The van der Waals surface area contributed by atoms with Crippen LogP contribution < -0.4 is 0 Å². The largest absolute Gasteiger partial charge is 0.508 e. The Morgan fingerprint density at radius 3 is 2.45 bits per heavy atom. The fourth-order valence-electron chi connectivity index (χ4n) is 5.48. The van der Waals surface area contributed by atoms with E-state index >= 15 is 0 Å². The standard InChI is InChI=1S/C20H30O2/c1-12(2)14-11-15(21)17-13(18(14)22)7-8-16-19(3,4)9-6-10-20(16,17)5/h11-12,16,21-22H,6-10H2,1-5H3/t16-,20+/m0/s1. The minimum atomic E-state index is -0.00753. The van der Waals surface area contributed by atoms with Gasteiger partial charge in [0.15, 0.2) is 0 Å². The average molecular weight is 302 g/mol. The van der Waals surface area contributed by atoms with Crippen molar-refractivity contribution in [3.63, 3.8) is 0 Å². The monoisotopic (exact) mass is 302 g/mol. The Morgan fingerprint density at radius 1 is 1.14 bits per heavy atom. The first-order chi connectivity index (χ1) is 10.2. The van der Waals surface area contributed by atoms with E-state index in [1.807, 2.05) is 6.07 Å². The summed E-state index contributed by atoms with van der Waals surface area (Å²) < 4.78 is 0. The second-order valence-corrected chi connectivity index (χ2v) is 8.69. The van der Waals surface area contributed by atoms with E-state index in [-0.39, 0.29) is 11.3 Å². The van der Waals surface area contributed by atoms with Gasteiger partial charge in [-0.15, -0.1) is 0 Å². The molecule has 22 heavy (non-hydrogen) atoms. The molecule has 0 radical (unpaired) electrons. The highest BCUT2D eigenvalue weighted by Crippen LogP contribution is 2.60. The van der Waals surface area contributed by atoms with E-state index in [1.165, 1.54) is 12.8 Å². The van der Waals surface area contributed by atoms with Gasteiger partial charge in [0.25, 0.3) is 0 Å². The van der Waals surface area contributed by atoms with Crippen molar-refractivity contribution < 1.29 is 10.2 Å². The highest BCUT2D eigenvalue weighted by atomic mass is 16.3. The highest BCUT2D eigenvalue weighted by molar-refractivity contribution is 5.58. The molecule has 0 aliphatic heterocycles. The van der Waals surface area contributed by atoms with Crippen molar-refractivity contribution in [2.45, 2.75) is 78.1 Å². The Kier molecular flexibility index (Phi) is 3.50. The summed E-state index contributed by atoms with van der Waals surface area (Å²) >= 11 is 0. The number of hydrogen-bond donors (Lipinski definition) is 2. The molecule has 2 N–H and O–H groups in total. The lowest BCUT2D eigenvalue weighted by Crippen LogP contribution is -2.47. The molecule has 0 bridgehead atoms. The SMILES string of the molecule is CC(C)c1cc(O)c2c(c1O)CC[C@H]1C(C)(C)CCC[C@@]21C. The number of aromatic hydroxyl groups is 2. The molecule has 0 saturated heterocycles. The zero-order valence-corrected chi connectivity index (χ0v) is 14.7. The number of benzene rings is 1. The minimum Gasteiger partial charge on any atom is -0.508 e. The maximum absolute atomic E-state index is 10.8. The van der Waals surface area contributed by atoms with Gasteiger partial charge in [-0.05, 0) is 54.4 Å². The van der Waals surface area contributed by atoms with E-state index in [0.29, 0.717) is 22.8 Å². The first-order valence-electron chi connectivity index (χ1n) is 8.76. The van der Waals surface area contributed by atoms with Gasteiger partial charge in [0.1, 0.15) is 11.5 Å². The van der Waals surface area contributed by atoms with Crippen LogP contribution in [-0.4, -0.2) is 10.2 Å². The van der Waals surface area contributed by atoms with Gasteiger partial charge in [0.05, 0.1) is 0 Å². The molecular formula is C20H30O2. The third-order valence-corrected chi connectivity index (χ3v) is 6.52. The maximum atomic E-state index is 10.8. The van der Waals surface area contributed by atoms with Gasteiger partial charge in [0, 0.05) is 16.7 Å². The highest BCUT2D eigenvalue weighted by Gasteiger charge is 2.51. The van der Waals surface area contributed by atoms with Crippen LogP contribution in [-0.2, 0) is 11.8 Å². The molecule has 2 aliphatic rings.